The van der Waals surface area contributed by atoms with Crippen LogP contribution in [0.25, 0.3) is 0 Å². The number of anilines is 1. The Hall–Kier alpha value is -1.29. The number of hydrogen-bond acceptors (Lipinski definition) is 3. The van der Waals surface area contributed by atoms with E-state index in [1.54, 1.807) is 6.26 Å². The van der Waals surface area contributed by atoms with Crippen LogP contribution < -0.4 is 5.73 Å². The number of hydrogen-bond donors (Lipinski definition) is 1. The summed E-state index contributed by atoms with van der Waals surface area (Å²) in [5, 5.41) is 0. The van der Waals surface area contributed by atoms with Crippen molar-refractivity contribution in [3.8, 4) is 0 Å². The van der Waals surface area contributed by atoms with Crippen LogP contribution in [0, 0.1) is 0 Å². The monoisotopic (exact) mass is 266 g/mol. The molecule has 0 saturated carbocycles. The molecule has 0 radical (unpaired) electrons. The first-order valence-electron chi connectivity index (χ1n) is 4.68. The smallest absolute Gasteiger partial charge is 0.292 e. The van der Waals surface area contributed by atoms with E-state index in [0.717, 1.165) is 23.0 Å². The standard InChI is InChI=1S/C11H11BrN2O/c12-9-4-1-8(2-5-9)3-6-10-7-15-11(13)14-10/h1-2,4-5,7H,3,6H2,(H2,13,14). The van der Waals surface area contributed by atoms with Gasteiger partial charge < -0.3 is 10.2 Å². The fourth-order valence-electron chi connectivity index (χ4n) is 1.36. The van der Waals surface area contributed by atoms with E-state index in [-0.39, 0.29) is 6.01 Å². The van der Waals surface area contributed by atoms with Crippen molar-refractivity contribution in [2.75, 3.05) is 5.73 Å². The van der Waals surface area contributed by atoms with Gasteiger partial charge in [-0.25, -0.2) is 0 Å². The average Bonchev–Trinajstić information content (AvgIpc) is 2.64. The Bertz CT molecular complexity index is 436. The molecule has 0 atom stereocenters. The summed E-state index contributed by atoms with van der Waals surface area (Å²) in [4.78, 5) is 4.05. The van der Waals surface area contributed by atoms with Crippen LogP contribution in [0.15, 0.2) is 39.4 Å². The van der Waals surface area contributed by atoms with Gasteiger partial charge in [0.05, 0.1) is 5.69 Å². The van der Waals surface area contributed by atoms with Crippen LogP contribution in [0.3, 0.4) is 0 Å². The van der Waals surface area contributed by atoms with Gasteiger partial charge in [-0.05, 0) is 30.5 Å². The Morgan fingerprint density at radius 1 is 1.20 bits per heavy atom. The highest BCUT2D eigenvalue weighted by Gasteiger charge is 2.00. The molecule has 4 heteroatoms. The van der Waals surface area contributed by atoms with Crippen molar-refractivity contribution >= 4 is 21.9 Å². The van der Waals surface area contributed by atoms with Crippen molar-refractivity contribution in [3.63, 3.8) is 0 Å². The quantitative estimate of drug-likeness (QED) is 0.930. The predicted molar refractivity (Wildman–Crippen MR) is 62.5 cm³/mol. The highest BCUT2D eigenvalue weighted by molar-refractivity contribution is 9.10. The van der Waals surface area contributed by atoms with Crippen LogP contribution in [-0.2, 0) is 12.8 Å². The van der Waals surface area contributed by atoms with Crippen LogP contribution >= 0.6 is 15.9 Å². The lowest BCUT2D eigenvalue weighted by Gasteiger charge is -1.98. The molecular weight excluding hydrogens is 256 g/mol. The Kier molecular flexibility index (Phi) is 3.06. The molecule has 1 aromatic heterocycles. The Labute approximate surface area is 96.4 Å². The molecular formula is C11H11BrN2O. The summed E-state index contributed by atoms with van der Waals surface area (Å²) in [5.74, 6) is 0. The zero-order valence-corrected chi connectivity index (χ0v) is 9.70. The third kappa shape index (κ3) is 2.83. The molecule has 0 bridgehead atoms. The summed E-state index contributed by atoms with van der Waals surface area (Å²) < 4.78 is 6.03. The highest BCUT2D eigenvalue weighted by Crippen LogP contribution is 2.13. The molecule has 0 unspecified atom stereocenters. The van der Waals surface area contributed by atoms with Crippen LogP contribution in [0.4, 0.5) is 6.01 Å². The molecule has 0 amide bonds. The van der Waals surface area contributed by atoms with Gasteiger partial charge in [0.2, 0.25) is 0 Å². The number of halogens is 1. The first-order chi connectivity index (χ1) is 7.24. The number of nitrogens with zero attached hydrogens (tertiary/aromatic N) is 1. The topological polar surface area (TPSA) is 52.0 Å². The normalized spacial score (nSPS) is 10.5. The van der Waals surface area contributed by atoms with Gasteiger partial charge in [-0.15, -0.1) is 0 Å². The molecule has 2 rings (SSSR count). The largest absolute Gasteiger partial charge is 0.432 e. The molecule has 1 heterocycles. The molecule has 3 nitrogen and oxygen atoms in total. The molecule has 2 N–H and O–H groups in total. The molecule has 1 aromatic carbocycles. The second kappa shape index (κ2) is 4.49. The second-order valence-corrected chi connectivity index (χ2v) is 4.22. The lowest BCUT2D eigenvalue weighted by atomic mass is 10.1. The number of aryl methyl sites for hydroxylation is 2. The molecule has 0 aliphatic heterocycles. The minimum atomic E-state index is 0.237. The third-order valence-electron chi connectivity index (χ3n) is 2.15. The van der Waals surface area contributed by atoms with Gasteiger partial charge in [0, 0.05) is 4.47 Å². The number of benzene rings is 1. The minimum Gasteiger partial charge on any atom is -0.432 e. The molecule has 0 aliphatic rings. The molecule has 0 aliphatic carbocycles. The van der Waals surface area contributed by atoms with Crippen molar-refractivity contribution in [2.24, 2.45) is 0 Å². The highest BCUT2D eigenvalue weighted by atomic mass is 79.9. The molecule has 0 fully saturated rings. The molecule has 15 heavy (non-hydrogen) atoms. The van der Waals surface area contributed by atoms with Crippen molar-refractivity contribution in [2.45, 2.75) is 12.8 Å². The van der Waals surface area contributed by atoms with E-state index in [2.05, 4.69) is 33.0 Å². The lowest BCUT2D eigenvalue weighted by Crippen LogP contribution is -1.92. The molecule has 0 spiro atoms. The summed E-state index contributed by atoms with van der Waals surface area (Å²) >= 11 is 3.40. The minimum absolute atomic E-state index is 0.237. The Balaban J connectivity index is 1.96. The predicted octanol–water partition coefficient (Wildman–Crippen LogP) is 2.80. The molecule has 0 saturated heterocycles. The third-order valence-corrected chi connectivity index (χ3v) is 2.68. The first-order valence-corrected chi connectivity index (χ1v) is 5.47. The van der Waals surface area contributed by atoms with E-state index in [1.807, 2.05) is 12.1 Å². The molecule has 78 valence electrons. The van der Waals surface area contributed by atoms with Crippen LogP contribution in [-0.4, -0.2) is 4.98 Å². The molecule has 2 aromatic rings. The van der Waals surface area contributed by atoms with Gasteiger partial charge in [0.1, 0.15) is 6.26 Å². The van der Waals surface area contributed by atoms with E-state index < -0.39 is 0 Å². The summed E-state index contributed by atoms with van der Waals surface area (Å²) in [6.07, 6.45) is 3.40. The van der Waals surface area contributed by atoms with Crippen molar-refractivity contribution < 1.29 is 4.42 Å². The van der Waals surface area contributed by atoms with Gasteiger partial charge in [0.25, 0.3) is 6.01 Å². The van der Waals surface area contributed by atoms with Crippen molar-refractivity contribution in [1.82, 2.24) is 4.98 Å². The zero-order valence-electron chi connectivity index (χ0n) is 8.11. The maximum absolute atomic E-state index is 5.38. The number of nitrogen functional groups attached to an aromatic ring is 1. The Morgan fingerprint density at radius 2 is 1.93 bits per heavy atom. The van der Waals surface area contributed by atoms with E-state index in [1.165, 1.54) is 5.56 Å². The summed E-state index contributed by atoms with van der Waals surface area (Å²) in [6.45, 7) is 0. The maximum atomic E-state index is 5.38. The Morgan fingerprint density at radius 3 is 2.53 bits per heavy atom. The van der Waals surface area contributed by atoms with Crippen LogP contribution in [0.5, 0.6) is 0 Å². The van der Waals surface area contributed by atoms with Gasteiger partial charge in [-0.3, -0.25) is 0 Å². The maximum Gasteiger partial charge on any atom is 0.292 e. The fourth-order valence-corrected chi connectivity index (χ4v) is 1.63. The van der Waals surface area contributed by atoms with Crippen molar-refractivity contribution in [3.05, 3.63) is 46.3 Å². The van der Waals surface area contributed by atoms with E-state index in [9.17, 15) is 0 Å². The van der Waals surface area contributed by atoms with Crippen LogP contribution in [0.2, 0.25) is 0 Å². The van der Waals surface area contributed by atoms with Gasteiger partial charge >= 0.3 is 0 Å². The second-order valence-electron chi connectivity index (χ2n) is 3.30. The SMILES string of the molecule is Nc1nc(CCc2ccc(Br)cc2)co1. The summed E-state index contributed by atoms with van der Waals surface area (Å²) in [5.41, 5.74) is 7.56. The van der Waals surface area contributed by atoms with Crippen LogP contribution in [0.1, 0.15) is 11.3 Å². The lowest BCUT2D eigenvalue weighted by molar-refractivity contribution is 0.578. The summed E-state index contributed by atoms with van der Waals surface area (Å²) in [6, 6.07) is 8.49. The van der Waals surface area contributed by atoms with Gasteiger partial charge in [0.15, 0.2) is 0 Å². The number of aromatic nitrogens is 1. The fraction of sp³-hybridized carbons (Fsp3) is 0.182. The van der Waals surface area contributed by atoms with E-state index >= 15 is 0 Å². The van der Waals surface area contributed by atoms with Gasteiger partial charge in [-0.2, -0.15) is 4.98 Å². The average molecular weight is 267 g/mol. The summed E-state index contributed by atoms with van der Waals surface area (Å²) in [7, 11) is 0. The number of rotatable bonds is 3. The van der Waals surface area contributed by atoms with Crippen molar-refractivity contribution in [1.29, 1.82) is 0 Å². The zero-order chi connectivity index (χ0) is 10.7. The number of nitrogens with two attached hydrogens (primary N) is 1. The number of oxazole rings is 1. The van der Waals surface area contributed by atoms with E-state index in [4.69, 9.17) is 10.2 Å². The van der Waals surface area contributed by atoms with E-state index in [0.29, 0.717) is 0 Å². The first kappa shape index (κ1) is 10.2. The van der Waals surface area contributed by atoms with Gasteiger partial charge in [-0.1, -0.05) is 28.1 Å².